The van der Waals surface area contributed by atoms with Crippen molar-refractivity contribution in [3.8, 4) is 11.5 Å². The Hall–Kier alpha value is -1.92. The second-order valence-electron chi connectivity index (χ2n) is 1.85. The minimum atomic E-state index is 0.227. The summed E-state index contributed by atoms with van der Waals surface area (Å²) in [4.78, 5) is 0. The van der Waals surface area contributed by atoms with Gasteiger partial charge in [0.25, 0.3) is 0 Å². The van der Waals surface area contributed by atoms with Crippen LogP contribution in [0.25, 0.3) is 11.5 Å². The Bertz CT molecular complexity index is 337. The molecule has 2 aromatic heterocycles. The van der Waals surface area contributed by atoms with Crippen LogP contribution in [0.1, 0.15) is 0 Å². The molecule has 0 saturated heterocycles. The third-order valence-electron chi connectivity index (χ3n) is 1.10. The normalized spacial score (nSPS) is 10.2. The van der Waals surface area contributed by atoms with Crippen LogP contribution >= 0.6 is 0 Å². The highest BCUT2D eigenvalue weighted by atomic mass is 16.5. The third kappa shape index (κ3) is 0.914. The highest BCUT2D eigenvalue weighted by Gasteiger charge is 2.07. The Morgan fingerprint density at radius 1 is 1.55 bits per heavy atom. The Balaban J connectivity index is 2.45. The molecule has 56 valence electrons. The van der Waals surface area contributed by atoms with Crippen LogP contribution in [0.2, 0.25) is 0 Å². The number of nitrogen functional groups attached to an aromatic ring is 1. The molecule has 2 rings (SSSR count). The average molecular weight is 152 g/mol. The third-order valence-corrected chi connectivity index (χ3v) is 1.10. The van der Waals surface area contributed by atoms with Crippen molar-refractivity contribution in [1.82, 2.24) is 25.8 Å². The fraction of sp³-hybridized carbons (Fsp3) is 0. The molecule has 7 nitrogen and oxygen atoms in total. The number of nitrogens with one attached hydrogen (secondary N) is 1. The standard InChI is InChI=1S/C4H4N6O/c5-3-1-2(8-11-3)4-6-9-10-7-4/h1H,5H2,(H,6,7,9,10). The number of rotatable bonds is 1. The van der Waals surface area contributed by atoms with Gasteiger partial charge in [0.1, 0.15) is 0 Å². The van der Waals surface area contributed by atoms with E-state index in [1.165, 1.54) is 6.07 Å². The van der Waals surface area contributed by atoms with Gasteiger partial charge in [0.05, 0.1) is 0 Å². The molecule has 0 radical (unpaired) electrons. The summed E-state index contributed by atoms with van der Waals surface area (Å²) in [5.74, 6) is 0.593. The van der Waals surface area contributed by atoms with E-state index in [2.05, 4.69) is 30.3 Å². The fourth-order valence-electron chi connectivity index (χ4n) is 0.665. The van der Waals surface area contributed by atoms with Gasteiger partial charge in [0.15, 0.2) is 5.69 Å². The number of nitrogens with zero attached hydrogens (tertiary/aromatic N) is 4. The minimum absolute atomic E-state index is 0.227. The van der Waals surface area contributed by atoms with Gasteiger partial charge in [-0.3, -0.25) is 0 Å². The average Bonchev–Trinajstić information content (AvgIpc) is 2.55. The van der Waals surface area contributed by atoms with Gasteiger partial charge in [-0.1, -0.05) is 5.16 Å². The van der Waals surface area contributed by atoms with Crippen molar-refractivity contribution in [3.05, 3.63) is 6.07 Å². The van der Waals surface area contributed by atoms with Crippen LogP contribution in [0.5, 0.6) is 0 Å². The number of tetrazole rings is 1. The molecule has 0 unspecified atom stereocenters. The monoisotopic (exact) mass is 152 g/mol. The predicted molar refractivity (Wildman–Crippen MR) is 34.1 cm³/mol. The zero-order valence-electron chi connectivity index (χ0n) is 5.35. The van der Waals surface area contributed by atoms with E-state index in [9.17, 15) is 0 Å². The number of hydrogen-bond donors (Lipinski definition) is 2. The Labute approximate surface area is 60.6 Å². The van der Waals surface area contributed by atoms with Crippen LogP contribution in [-0.4, -0.2) is 25.8 Å². The van der Waals surface area contributed by atoms with Crippen LogP contribution in [0.15, 0.2) is 10.6 Å². The van der Waals surface area contributed by atoms with Gasteiger partial charge in [0.2, 0.25) is 11.7 Å². The topological polar surface area (TPSA) is 107 Å². The molecule has 0 aromatic carbocycles. The zero-order valence-corrected chi connectivity index (χ0v) is 5.35. The molecule has 0 aliphatic heterocycles. The van der Waals surface area contributed by atoms with Gasteiger partial charge >= 0.3 is 0 Å². The molecule has 2 aromatic rings. The number of hydrogen-bond acceptors (Lipinski definition) is 6. The lowest BCUT2D eigenvalue weighted by Gasteiger charge is -1.76. The highest BCUT2D eigenvalue weighted by Crippen LogP contribution is 2.13. The highest BCUT2D eigenvalue weighted by molar-refractivity contribution is 5.50. The molecule has 3 N–H and O–H groups in total. The summed E-state index contributed by atoms with van der Waals surface area (Å²) in [6.07, 6.45) is 0. The first-order valence-corrected chi connectivity index (χ1v) is 2.82. The van der Waals surface area contributed by atoms with Gasteiger partial charge in [0, 0.05) is 6.07 Å². The maximum Gasteiger partial charge on any atom is 0.226 e. The molecule has 0 saturated carbocycles. The van der Waals surface area contributed by atoms with Crippen LogP contribution in [0.3, 0.4) is 0 Å². The molecule has 0 atom stereocenters. The van der Waals surface area contributed by atoms with Crippen molar-refractivity contribution >= 4 is 5.88 Å². The number of nitrogens with two attached hydrogens (primary N) is 1. The molecule has 0 spiro atoms. The fourth-order valence-corrected chi connectivity index (χ4v) is 0.665. The first-order valence-electron chi connectivity index (χ1n) is 2.82. The number of aromatic nitrogens is 5. The summed E-state index contributed by atoms with van der Waals surface area (Å²) in [6.45, 7) is 0. The van der Waals surface area contributed by atoms with Crippen molar-refractivity contribution < 1.29 is 4.52 Å². The summed E-state index contributed by atoms with van der Waals surface area (Å²) < 4.78 is 4.59. The van der Waals surface area contributed by atoms with E-state index in [1.807, 2.05) is 0 Å². The number of anilines is 1. The van der Waals surface area contributed by atoms with E-state index in [0.29, 0.717) is 11.5 Å². The first kappa shape index (κ1) is 5.83. The number of H-pyrrole nitrogens is 1. The molecule has 0 aliphatic carbocycles. The molecular weight excluding hydrogens is 148 g/mol. The summed E-state index contributed by atoms with van der Waals surface area (Å²) in [7, 11) is 0. The van der Waals surface area contributed by atoms with Crippen LogP contribution < -0.4 is 5.73 Å². The maximum atomic E-state index is 5.27. The van der Waals surface area contributed by atoms with E-state index >= 15 is 0 Å². The van der Waals surface area contributed by atoms with Crippen molar-refractivity contribution in [2.24, 2.45) is 0 Å². The van der Waals surface area contributed by atoms with E-state index in [1.54, 1.807) is 0 Å². The smallest absolute Gasteiger partial charge is 0.226 e. The second kappa shape index (κ2) is 2.04. The van der Waals surface area contributed by atoms with Crippen molar-refractivity contribution in [2.45, 2.75) is 0 Å². The van der Waals surface area contributed by atoms with Gasteiger partial charge in [-0.15, -0.1) is 10.2 Å². The molecule has 0 fully saturated rings. The summed E-state index contributed by atoms with van der Waals surface area (Å²) in [5, 5.41) is 16.6. The number of aromatic amines is 1. The van der Waals surface area contributed by atoms with Crippen molar-refractivity contribution in [3.63, 3.8) is 0 Å². The molecular formula is C4H4N6O. The quantitative estimate of drug-likeness (QED) is 0.567. The molecule has 0 aliphatic rings. The zero-order chi connectivity index (χ0) is 7.68. The molecule has 0 bridgehead atoms. The van der Waals surface area contributed by atoms with E-state index in [0.717, 1.165) is 0 Å². The van der Waals surface area contributed by atoms with E-state index < -0.39 is 0 Å². The van der Waals surface area contributed by atoms with Crippen LogP contribution in [-0.2, 0) is 0 Å². The van der Waals surface area contributed by atoms with Crippen molar-refractivity contribution in [2.75, 3.05) is 5.73 Å². The van der Waals surface area contributed by atoms with Gasteiger partial charge in [-0.05, 0) is 5.21 Å². The lowest BCUT2D eigenvalue weighted by Crippen LogP contribution is -1.79. The summed E-state index contributed by atoms with van der Waals surface area (Å²) in [6, 6.07) is 1.52. The Morgan fingerprint density at radius 2 is 2.45 bits per heavy atom. The maximum absolute atomic E-state index is 5.27. The first-order chi connectivity index (χ1) is 5.36. The predicted octanol–water partition coefficient (Wildman–Crippen LogP) is -0.563. The molecule has 11 heavy (non-hydrogen) atoms. The lowest BCUT2D eigenvalue weighted by atomic mass is 10.4. The lowest BCUT2D eigenvalue weighted by molar-refractivity contribution is 0.438. The molecule has 0 amide bonds. The SMILES string of the molecule is Nc1cc(-c2nn[nH]n2)no1. The van der Waals surface area contributed by atoms with Crippen LogP contribution in [0, 0.1) is 0 Å². The van der Waals surface area contributed by atoms with E-state index in [4.69, 9.17) is 5.73 Å². The van der Waals surface area contributed by atoms with Gasteiger partial charge in [-0.2, -0.15) is 5.21 Å². The minimum Gasteiger partial charge on any atom is -0.368 e. The van der Waals surface area contributed by atoms with E-state index in [-0.39, 0.29) is 5.88 Å². The largest absolute Gasteiger partial charge is 0.368 e. The molecule has 2 heterocycles. The summed E-state index contributed by atoms with van der Waals surface area (Å²) in [5.41, 5.74) is 5.74. The van der Waals surface area contributed by atoms with Crippen LogP contribution in [0.4, 0.5) is 5.88 Å². The van der Waals surface area contributed by atoms with Gasteiger partial charge in [-0.25, -0.2) is 0 Å². The Kier molecular flexibility index (Phi) is 1.08. The van der Waals surface area contributed by atoms with Crippen molar-refractivity contribution in [1.29, 1.82) is 0 Å². The van der Waals surface area contributed by atoms with Gasteiger partial charge < -0.3 is 10.3 Å². The summed E-state index contributed by atoms with van der Waals surface area (Å²) >= 11 is 0. The Morgan fingerprint density at radius 3 is 3.00 bits per heavy atom. The molecule has 7 heteroatoms. The second-order valence-corrected chi connectivity index (χ2v) is 1.85.